The largest absolute Gasteiger partial charge is 0.466 e. The summed E-state index contributed by atoms with van der Waals surface area (Å²) in [6, 6.07) is 6.23. The number of alkyl carbamates (subject to hydrolysis) is 1. The lowest BCUT2D eigenvalue weighted by atomic mass is 9.82. The lowest BCUT2D eigenvalue weighted by molar-refractivity contribution is -0.149. The number of amides is 2. The molecule has 8 nitrogen and oxygen atoms in total. The van der Waals surface area contributed by atoms with Crippen molar-refractivity contribution in [2.75, 3.05) is 6.61 Å². The molecule has 1 saturated carbocycles. The molecule has 0 saturated heterocycles. The van der Waals surface area contributed by atoms with Crippen LogP contribution in [0.15, 0.2) is 24.3 Å². The Morgan fingerprint density at radius 2 is 1.88 bits per heavy atom. The van der Waals surface area contributed by atoms with E-state index >= 15 is 0 Å². The summed E-state index contributed by atoms with van der Waals surface area (Å²) in [5.74, 6) is -0.938. The van der Waals surface area contributed by atoms with Crippen LogP contribution < -0.4 is 10.6 Å². The summed E-state index contributed by atoms with van der Waals surface area (Å²) in [7, 11) is 0. The molecule has 174 valence electrons. The van der Waals surface area contributed by atoms with Crippen LogP contribution in [-0.2, 0) is 14.3 Å². The number of H-pyrrole nitrogens is 1. The van der Waals surface area contributed by atoms with Gasteiger partial charge in [-0.3, -0.25) is 9.59 Å². The minimum absolute atomic E-state index is 0.291. The fourth-order valence-corrected chi connectivity index (χ4v) is 4.09. The second-order valence-electron chi connectivity index (χ2n) is 9.01. The number of ether oxygens (including phenoxy) is 2. The molecule has 1 aromatic heterocycles. The minimum Gasteiger partial charge on any atom is -0.466 e. The molecule has 32 heavy (non-hydrogen) atoms. The molecular formula is C23H30ClN3O5. The fourth-order valence-electron chi connectivity index (χ4n) is 3.91. The molecule has 1 aliphatic carbocycles. The van der Waals surface area contributed by atoms with Gasteiger partial charge in [-0.15, -0.1) is 0 Å². The van der Waals surface area contributed by atoms with Gasteiger partial charge >= 0.3 is 12.1 Å². The van der Waals surface area contributed by atoms with Crippen molar-refractivity contribution in [3.05, 3.63) is 35.0 Å². The Morgan fingerprint density at radius 3 is 2.56 bits per heavy atom. The zero-order valence-corrected chi connectivity index (χ0v) is 19.5. The standard InChI is InChI=1S/C23H30ClN3O5/c1-5-31-21(29)13-6-8-17(18(11-13)27-22(30)32-23(2,3)4)26-20(28)19-12-14-10-15(24)7-9-16(14)25-19/h7,9-10,12-13,17-18,25H,5-6,8,11H2,1-4H3,(H,26,28)(H,27,30)/t13-,17?,18?/m0/s1. The average Bonchev–Trinajstić information content (AvgIpc) is 3.11. The van der Waals surface area contributed by atoms with E-state index < -0.39 is 17.7 Å². The third-order valence-corrected chi connectivity index (χ3v) is 5.55. The molecule has 1 aromatic carbocycles. The molecule has 0 spiro atoms. The predicted molar refractivity (Wildman–Crippen MR) is 122 cm³/mol. The van der Waals surface area contributed by atoms with Gasteiger partial charge in [0.1, 0.15) is 11.3 Å². The van der Waals surface area contributed by atoms with Crippen LogP contribution in [0.4, 0.5) is 4.79 Å². The number of hydrogen-bond donors (Lipinski definition) is 3. The number of halogens is 1. The lowest BCUT2D eigenvalue weighted by Gasteiger charge is -2.36. The molecule has 3 rings (SSSR count). The van der Waals surface area contributed by atoms with Crippen LogP contribution in [-0.4, -0.2) is 47.2 Å². The SMILES string of the molecule is CCOC(=O)[C@H]1CCC(NC(=O)c2cc3cc(Cl)ccc3[nH]2)C(NC(=O)OC(C)(C)C)C1. The van der Waals surface area contributed by atoms with Gasteiger partial charge in [-0.2, -0.15) is 0 Å². The van der Waals surface area contributed by atoms with Crippen molar-refractivity contribution in [2.24, 2.45) is 5.92 Å². The Balaban J connectivity index is 1.74. The van der Waals surface area contributed by atoms with Gasteiger partial charge in [-0.25, -0.2) is 4.79 Å². The average molecular weight is 464 g/mol. The Bertz CT molecular complexity index is 997. The second kappa shape index (κ2) is 9.81. The van der Waals surface area contributed by atoms with E-state index in [2.05, 4.69) is 15.6 Å². The molecule has 2 aromatic rings. The van der Waals surface area contributed by atoms with Gasteiger partial charge in [0.25, 0.3) is 5.91 Å². The third kappa shape index (κ3) is 6.16. The molecule has 0 radical (unpaired) electrons. The van der Waals surface area contributed by atoms with E-state index in [1.807, 2.05) is 6.07 Å². The molecular weight excluding hydrogens is 434 g/mol. The van der Waals surface area contributed by atoms with E-state index in [0.717, 1.165) is 10.9 Å². The van der Waals surface area contributed by atoms with Crippen LogP contribution in [0, 0.1) is 5.92 Å². The van der Waals surface area contributed by atoms with Gasteiger partial charge in [0.05, 0.1) is 18.6 Å². The molecule has 9 heteroatoms. The summed E-state index contributed by atoms with van der Waals surface area (Å²) in [6.45, 7) is 7.38. The van der Waals surface area contributed by atoms with E-state index in [9.17, 15) is 14.4 Å². The first-order valence-electron chi connectivity index (χ1n) is 10.8. The molecule has 0 bridgehead atoms. The highest BCUT2D eigenvalue weighted by Gasteiger charge is 2.37. The monoisotopic (exact) mass is 463 g/mol. The third-order valence-electron chi connectivity index (χ3n) is 5.32. The van der Waals surface area contributed by atoms with Crippen molar-refractivity contribution in [3.63, 3.8) is 0 Å². The summed E-state index contributed by atoms with van der Waals surface area (Å²) < 4.78 is 10.5. The maximum absolute atomic E-state index is 12.9. The zero-order valence-electron chi connectivity index (χ0n) is 18.8. The maximum Gasteiger partial charge on any atom is 0.407 e. The number of esters is 1. The number of aromatic amines is 1. The Labute approximate surface area is 192 Å². The highest BCUT2D eigenvalue weighted by molar-refractivity contribution is 6.31. The Kier molecular flexibility index (Phi) is 7.33. The van der Waals surface area contributed by atoms with E-state index in [1.54, 1.807) is 45.9 Å². The molecule has 1 heterocycles. The summed E-state index contributed by atoms with van der Waals surface area (Å²) >= 11 is 6.03. The Hall–Kier alpha value is -2.74. The first kappa shape index (κ1) is 23.9. The van der Waals surface area contributed by atoms with Crippen molar-refractivity contribution in [1.82, 2.24) is 15.6 Å². The first-order valence-corrected chi connectivity index (χ1v) is 11.2. The van der Waals surface area contributed by atoms with E-state index in [1.165, 1.54) is 0 Å². The molecule has 2 amide bonds. The highest BCUT2D eigenvalue weighted by Crippen LogP contribution is 2.27. The lowest BCUT2D eigenvalue weighted by Crippen LogP contribution is -2.56. The van der Waals surface area contributed by atoms with E-state index in [0.29, 0.717) is 36.6 Å². The minimum atomic E-state index is -0.663. The summed E-state index contributed by atoms with van der Waals surface area (Å²) in [6.07, 6.45) is 0.831. The van der Waals surface area contributed by atoms with Crippen LogP contribution in [0.3, 0.4) is 0 Å². The number of fused-ring (bicyclic) bond motifs is 1. The van der Waals surface area contributed by atoms with Crippen molar-refractivity contribution in [2.45, 2.75) is 64.6 Å². The van der Waals surface area contributed by atoms with Gasteiger partial charge < -0.3 is 25.1 Å². The smallest absolute Gasteiger partial charge is 0.407 e. The van der Waals surface area contributed by atoms with Crippen LogP contribution >= 0.6 is 11.6 Å². The van der Waals surface area contributed by atoms with Crippen molar-refractivity contribution in [1.29, 1.82) is 0 Å². The molecule has 3 atom stereocenters. The number of aromatic nitrogens is 1. The summed E-state index contributed by atoms with van der Waals surface area (Å²) in [4.78, 5) is 40.7. The number of rotatable bonds is 5. The van der Waals surface area contributed by atoms with Crippen molar-refractivity contribution in [3.8, 4) is 0 Å². The maximum atomic E-state index is 12.9. The van der Waals surface area contributed by atoms with Gasteiger partial charge in [-0.1, -0.05) is 11.6 Å². The normalized spacial score (nSPS) is 21.1. The summed E-state index contributed by atoms with van der Waals surface area (Å²) in [5, 5.41) is 7.24. The van der Waals surface area contributed by atoms with Gasteiger partial charge in [0.15, 0.2) is 0 Å². The quantitative estimate of drug-likeness (QED) is 0.576. The predicted octanol–water partition coefficient (Wildman–Crippen LogP) is 4.18. The molecule has 1 fully saturated rings. The topological polar surface area (TPSA) is 110 Å². The molecule has 3 N–H and O–H groups in total. The van der Waals surface area contributed by atoms with Crippen LogP contribution in [0.25, 0.3) is 10.9 Å². The molecule has 1 aliphatic rings. The van der Waals surface area contributed by atoms with Gasteiger partial charge in [0, 0.05) is 22.0 Å². The highest BCUT2D eigenvalue weighted by atomic mass is 35.5. The summed E-state index contributed by atoms with van der Waals surface area (Å²) in [5.41, 5.74) is 0.531. The number of carbonyl (C=O) groups is 3. The van der Waals surface area contributed by atoms with Crippen LogP contribution in [0.2, 0.25) is 5.02 Å². The molecule has 0 aliphatic heterocycles. The van der Waals surface area contributed by atoms with Crippen molar-refractivity contribution >= 4 is 40.5 Å². The van der Waals surface area contributed by atoms with Crippen molar-refractivity contribution < 1.29 is 23.9 Å². The molecule has 2 unspecified atom stereocenters. The van der Waals surface area contributed by atoms with Gasteiger partial charge in [0.2, 0.25) is 0 Å². The van der Waals surface area contributed by atoms with E-state index in [-0.39, 0.29) is 23.8 Å². The van der Waals surface area contributed by atoms with Gasteiger partial charge in [-0.05, 0) is 71.2 Å². The fraction of sp³-hybridized carbons (Fsp3) is 0.522. The number of benzene rings is 1. The number of hydrogen-bond acceptors (Lipinski definition) is 5. The number of nitrogens with one attached hydrogen (secondary N) is 3. The number of carbonyl (C=O) groups excluding carboxylic acids is 3. The van der Waals surface area contributed by atoms with Crippen LogP contribution in [0.5, 0.6) is 0 Å². The zero-order chi connectivity index (χ0) is 23.5. The Morgan fingerprint density at radius 1 is 1.12 bits per heavy atom. The first-order chi connectivity index (χ1) is 15.1. The van der Waals surface area contributed by atoms with E-state index in [4.69, 9.17) is 21.1 Å². The second-order valence-corrected chi connectivity index (χ2v) is 9.45. The van der Waals surface area contributed by atoms with Crippen LogP contribution in [0.1, 0.15) is 57.4 Å².